The quantitative estimate of drug-likeness (QED) is 0.468. The smallest absolute Gasteiger partial charge is 0.319 e. The molecule has 0 saturated heterocycles. The highest BCUT2D eigenvalue weighted by atomic mass is 31.2. The zero-order valence-corrected chi connectivity index (χ0v) is 11.8. The van der Waals surface area contributed by atoms with Crippen molar-refractivity contribution in [3.8, 4) is 0 Å². The van der Waals surface area contributed by atoms with Crippen LogP contribution in [-0.2, 0) is 9.36 Å². The molecule has 0 saturated carbocycles. The Morgan fingerprint density at radius 2 is 1.41 bits per heavy atom. The molecule has 0 radical (unpaired) electrons. The van der Waals surface area contributed by atoms with Crippen LogP contribution in [-0.4, -0.2) is 15.3 Å². The first-order valence-corrected chi connectivity index (χ1v) is 8.14. The normalized spacial score (nSPS) is 12.1. The minimum Gasteiger partial charge on any atom is -0.319 e. The number of hydrogen-bond acceptors (Lipinski definition) is 2. The SMILES string of the molecule is CCCCCC(CCCCC)C(=O)P(=O)(O)O. The third-order valence-corrected chi connectivity index (χ3v) is 3.89. The van der Waals surface area contributed by atoms with Crippen LogP contribution >= 0.6 is 7.60 Å². The van der Waals surface area contributed by atoms with Crippen molar-refractivity contribution < 1.29 is 19.1 Å². The molecule has 0 aliphatic heterocycles. The van der Waals surface area contributed by atoms with Gasteiger partial charge in [0, 0.05) is 5.92 Å². The molecule has 2 N–H and O–H groups in total. The standard InChI is InChI=1S/C12H25O4P/c1-3-5-7-9-11(10-8-6-4-2)12(13)17(14,15)16/h11H,3-10H2,1-2H3,(H2,14,15,16). The van der Waals surface area contributed by atoms with Crippen LogP contribution < -0.4 is 0 Å². The summed E-state index contributed by atoms with van der Waals surface area (Å²) in [6.07, 6.45) is 7.09. The van der Waals surface area contributed by atoms with Gasteiger partial charge in [-0.3, -0.25) is 9.36 Å². The number of unbranched alkanes of at least 4 members (excludes halogenated alkanes) is 4. The van der Waals surface area contributed by atoms with Crippen LogP contribution in [0.2, 0.25) is 0 Å². The summed E-state index contributed by atoms with van der Waals surface area (Å²) in [4.78, 5) is 29.5. The van der Waals surface area contributed by atoms with Gasteiger partial charge in [0.15, 0.2) is 0 Å². The Bertz CT molecular complexity index is 249. The summed E-state index contributed by atoms with van der Waals surface area (Å²) in [5, 5.41) is 0. The van der Waals surface area contributed by atoms with Gasteiger partial charge in [0.25, 0.3) is 0 Å². The first kappa shape index (κ1) is 16.8. The van der Waals surface area contributed by atoms with E-state index in [2.05, 4.69) is 13.8 Å². The average molecular weight is 264 g/mol. The summed E-state index contributed by atoms with van der Waals surface area (Å²) in [5.41, 5.74) is -0.857. The maximum Gasteiger partial charge on any atom is 0.391 e. The van der Waals surface area contributed by atoms with Crippen molar-refractivity contribution in [2.24, 2.45) is 5.92 Å². The highest BCUT2D eigenvalue weighted by Gasteiger charge is 2.32. The number of rotatable bonds is 10. The zero-order valence-electron chi connectivity index (χ0n) is 10.9. The van der Waals surface area contributed by atoms with Crippen molar-refractivity contribution in [3.63, 3.8) is 0 Å². The van der Waals surface area contributed by atoms with Crippen LogP contribution in [0.15, 0.2) is 0 Å². The zero-order chi connectivity index (χ0) is 13.3. The van der Waals surface area contributed by atoms with Gasteiger partial charge in [-0.1, -0.05) is 52.4 Å². The van der Waals surface area contributed by atoms with Crippen molar-refractivity contribution in [3.05, 3.63) is 0 Å². The molecular formula is C12H25O4P. The van der Waals surface area contributed by atoms with Crippen LogP contribution in [0.25, 0.3) is 0 Å². The van der Waals surface area contributed by atoms with Crippen molar-refractivity contribution in [2.75, 3.05) is 0 Å². The molecular weight excluding hydrogens is 239 g/mol. The van der Waals surface area contributed by atoms with Gasteiger partial charge in [0.1, 0.15) is 0 Å². The Labute approximate surface area is 104 Å². The lowest BCUT2D eigenvalue weighted by Crippen LogP contribution is -2.15. The van der Waals surface area contributed by atoms with Crippen molar-refractivity contribution in [1.29, 1.82) is 0 Å². The predicted octanol–water partition coefficient (Wildman–Crippen LogP) is 3.47. The lowest BCUT2D eigenvalue weighted by Gasteiger charge is -2.15. The molecule has 0 aliphatic carbocycles. The van der Waals surface area contributed by atoms with Crippen LogP contribution in [0.5, 0.6) is 0 Å². The van der Waals surface area contributed by atoms with Crippen LogP contribution in [0.4, 0.5) is 0 Å². The van der Waals surface area contributed by atoms with E-state index in [4.69, 9.17) is 9.79 Å². The largest absolute Gasteiger partial charge is 0.391 e. The fourth-order valence-electron chi connectivity index (χ4n) is 1.91. The van der Waals surface area contributed by atoms with Crippen molar-refractivity contribution in [2.45, 2.75) is 65.2 Å². The van der Waals surface area contributed by atoms with Gasteiger partial charge >= 0.3 is 7.60 Å². The van der Waals surface area contributed by atoms with Crippen LogP contribution in [0.1, 0.15) is 65.2 Å². The minimum atomic E-state index is -4.55. The van der Waals surface area contributed by atoms with Crippen molar-refractivity contribution in [1.82, 2.24) is 0 Å². The molecule has 0 aromatic carbocycles. The summed E-state index contributed by atoms with van der Waals surface area (Å²) in [7, 11) is -4.55. The lowest BCUT2D eigenvalue weighted by molar-refractivity contribution is -0.117. The first-order chi connectivity index (χ1) is 7.93. The molecule has 0 fully saturated rings. The number of hydrogen-bond donors (Lipinski definition) is 2. The van der Waals surface area contributed by atoms with E-state index in [1.165, 1.54) is 0 Å². The Hall–Kier alpha value is -0.180. The topological polar surface area (TPSA) is 74.6 Å². The summed E-state index contributed by atoms with van der Waals surface area (Å²) >= 11 is 0. The molecule has 0 heterocycles. The summed E-state index contributed by atoms with van der Waals surface area (Å²) in [6, 6.07) is 0. The first-order valence-electron chi connectivity index (χ1n) is 6.53. The molecule has 0 spiro atoms. The van der Waals surface area contributed by atoms with E-state index in [1.54, 1.807) is 0 Å². The molecule has 17 heavy (non-hydrogen) atoms. The fraction of sp³-hybridized carbons (Fsp3) is 0.917. The summed E-state index contributed by atoms with van der Waals surface area (Å²) < 4.78 is 11.0. The van der Waals surface area contributed by atoms with E-state index in [9.17, 15) is 9.36 Å². The lowest BCUT2D eigenvalue weighted by atomic mass is 9.96. The second kappa shape index (κ2) is 8.84. The summed E-state index contributed by atoms with van der Waals surface area (Å²) in [6.45, 7) is 4.13. The molecule has 0 aromatic rings. The highest BCUT2D eigenvalue weighted by Crippen LogP contribution is 2.41. The van der Waals surface area contributed by atoms with E-state index in [0.29, 0.717) is 12.8 Å². The second-order valence-corrected chi connectivity index (χ2v) is 6.10. The molecule has 0 bridgehead atoms. The van der Waals surface area contributed by atoms with Gasteiger partial charge in [0.05, 0.1) is 0 Å². The minimum absolute atomic E-state index is 0.450. The molecule has 0 unspecified atom stereocenters. The fourth-order valence-corrected chi connectivity index (χ4v) is 2.64. The highest BCUT2D eigenvalue weighted by molar-refractivity contribution is 7.70. The van der Waals surface area contributed by atoms with Crippen LogP contribution in [0.3, 0.4) is 0 Å². The second-order valence-electron chi connectivity index (χ2n) is 4.57. The van der Waals surface area contributed by atoms with E-state index in [1.807, 2.05) is 0 Å². The Kier molecular flexibility index (Phi) is 8.75. The van der Waals surface area contributed by atoms with E-state index >= 15 is 0 Å². The van der Waals surface area contributed by atoms with Gasteiger partial charge in [-0.05, 0) is 12.8 Å². The molecule has 4 nitrogen and oxygen atoms in total. The third-order valence-electron chi connectivity index (χ3n) is 2.95. The van der Waals surface area contributed by atoms with Gasteiger partial charge in [-0.25, -0.2) is 0 Å². The molecule has 102 valence electrons. The molecule has 0 rings (SSSR count). The van der Waals surface area contributed by atoms with Gasteiger partial charge in [-0.2, -0.15) is 0 Å². The maximum atomic E-state index is 11.6. The van der Waals surface area contributed by atoms with E-state index < -0.39 is 19.0 Å². The van der Waals surface area contributed by atoms with Gasteiger partial charge < -0.3 is 9.79 Å². The molecule has 5 heteroatoms. The van der Waals surface area contributed by atoms with Crippen molar-refractivity contribution >= 4 is 13.1 Å². The maximum absolute atomic E-state index is 11.6. The summed E-state index contributed by atoms with van der Waals surface area (Å²) in [5.74, 6) is -0.450. The monoisotopic (exact) mass is 264 g/mol. The third kappa shape index (κ3) is 7.69. The molecule has 0 aromatic heterocycles. The molecule has 0 amide bonds. The van der Waals surface area contributed by atoms with E-state index in [0.717, 1.165) is 38.5 Å². The van der Waals surface area contributed by atoms with Crippen LogP contribution in [0, 0.1) is 5.92 Å². The Balaban J connectivity index is 4.28. The molecule has 0 atom stereocenters. The predicted molar refractivity (Wildman–Crippen MR) is 68.8 cm³/mol. The average Bonchev–Trinajstić information content (AvgIpc) is 2.25. The van der Waals surface area contributed by atoms with E-state index in [-0.39, 0.29) is 0 Å². The Morgan fingerprint density at radius 1 is 1.00 bits per heavy atom. The number of carbonyl (C=O) groups excluding carboxylic acids is 1. The molecule has 0 aliphatic rings. The number of carbonyl (C=O) groups is 1. The van der Waals surface area contributed by atoms with Gasteiger partial charge in [0.2, 0.25) is 5.52 Å². The Morgan fingerprint density at radius 3 is 1.71 bits per heavy atom. The van der Waals surface area contributed by atoms with Gasteiger partial charge in [-0.15, -0.1) is 0 Å².